The fraction of sp³-hybridized carbons (Fsp3) is 0.364. The standard InChI is InChI=1S/C11H13NO5/c13-5-6-3-8(11(17)10(6)16)12-2-1-7(14)4-9(12)15/h1-4,8,10-11,13-14,16-17H,5H2/t8-,10-,11+/m1/s1. The van der Waals surface area contributed by atoms with Crippen LogP contribution in [-0.4, -0.2) is 43.8 Å². The van der Waals surface area contributed by atoms with Crippen LogP contribution in [0.2, 0.25) is 0 Å². The Bertz CT molecular complexity index is 507. The van der Waals surface area contributed by atoms with E-state index in [0.717, 1.165) is 6.07 Å². The Morgan fingerprint density at radius 3 is 2.59 bits per heavy atom. The SMILES string of the molecule is O=c1cc(O)ccn1[C@@H]1C=C(CO)[C@@H](O)[C@H]1O. The molecule has 2 rings (SSSR count). The number of aliphatic hydroxyl groups excluding tert-OH is 3. The van der Waals surface area contributed by atoms with Crippen LogP contribution in [0.4, 0.5) is 0 Å². The lowest BCUT2D eigenvalue weighted by atomic mass is 10.1. The molecule has 92 valence electrons. The van der Waals surface area contributed by atoms with E-state index < -0.39 is 23.8 Å². The third-order valence-electron chi connectivity index (χ3n) is 2.87. The van der Waals surface area contributed by atoms with Gasteiger partial charge >= 0.3 is 0 Å². The molecular weight excluding hydrogens is 226 g/mol. The van der Waals surface area contributed by atoms with Crippen molar-refractivity contribution in [2.75, 3.05) is 6.61 Å². The Labute approximate surface area is 96.7 Å². The van der Waals surface area contributed by atoms with E-state index in [1.165, 1.54) is 22.9 Å². The Morgan fingerprint density at radius 2 is 2.06 bits per heavy atom. The number of aliphatic hydroxyl groups is 3. The molecular formula is C11H13NO5. The van der Waals surface area contributed by atoms with Crippen LogP contribution in [0.25, 0.3) is 0 Å². The van der Waals surface area contributed by atoms with E-state index in [9.17, 15) is 15.0 Å². The molecule has 4 N–H and O–H groups in total. The number of rotatable bonds is 2. The maximum Gasteiger partial charge on any atom is 0.254 e. The Kier molecular flexibility index (Phi) is 3.01. The maximum atomic E-state index is 11.6. The van der Waals surface area contributed by atoms with Gasteiger partial charge in [0, 0.05) is 12.3 Å². The fourth-order valence-corrected chi connectivity index (χ4v) is 1.94. The molecule has 0 saturated carbocycles. The van der Waals surface area contributed by atoms with Crippen LogP contribution in [-0.2, 0) is 0 Å². The van der Waals surface area contributed by atoms with Crippen LogP contribution in [0.15, 0.2) is 34.8 Å². The molecule has 3 atom stereocenters. The zero-order chi connectivity index (χ0) is 12.6. The zero-order valence-electron chi connectivity index (χ0n) is 8.89. The van der Waals surface area contributed by atoms with E-state index in [-0.39, 0.29) is 17.9 Å². The van der Waals surface area contributed by atoms with Gasteiger partial charge in [0.2, 0.25) is 0 Å². The van der Waals surface area contributed by atoms with Crippen LogP contribution in [0.1, 0.15) is 6.04 Å². The average Bonchev–Trinajstić information content (AvgIpc) is 2.57. The van der Waals surface area contributed by atoms with Gasteiger partial charge in [-0.15, -0.1) is 0 Å². The highest BCUT2D eigenvalue weighted by molar-refractivity contribution is 5.25. The van der Waals surface area contributed by atoms with Crippen LogP contribution in [0.5, 0.6) is 5.75 Å². The number of pyridine rings is 1. The summed E-state index contributed by atoms with van der Waals surface area (Å²) in [7, 11) is 0. The number of aromatic nitrogens is 1. The Morgan fingerprint density at radius 1 is 1.35 bits per heavy atom. The van der Waals surface area contributed by atoms with E-state index in [1.54, 1.807) is 0 Å². The quantitative estimate of drug-likeness (QED) is 0.483. The van der Waals surface area contributed by atoms with E-state index in [4.69, 9.17) is 10.2 Å². The van der Waals surface area contributed by atoms with Crippen molar-refractivity contribution in [2.24, 2.45) is 0 Å². The van der Waals surface area contributed by atoms with Gasteiger partial charge in [0.05, 0.1) is 12.6 Å². The van der Waals surface area contributed by atoms with Crippen molar-refractivity contribution in [2.45, 2.75) is 18.2 Å². The molecule has 17 heavy (non-hydrogen) atoms. The minimum Gasteiger partial charge on any atom is -0.508 e. The van der Waals surface area contributed by atoms with E-state index in [0.29, 0.717) is 0 Å². The topological polar surface area (TPSA) is 103 Å². The van der Waals surface area contributed by atoms with Crippen molar-refractivity contribution >= 4 is 0 Å². The Balaban J connectivity index is 2.41. The summed E-state index contributed by atoms with van der Waals surface area (Å²) in [6.07, 6.45) is 0.424. The largest absolute Gasteiger partial charge is 0.508 e. The summed E-state index contributed by atoms with van der Waals surface area (Å²) in [6.45, 7) is -0.373. The first-order chi connectivity index (χ1) is 8.04. The summed E-state index contributed by atoms with van der Waals surface area (Å²) in [5.41, 5.74) is -0.209. The number of nitrogens with zero attached hydrogens (tertiary/aromatic N) is 1. The normalized spacial score (nSPS) is 28.2. The average molecular weight is 239 g/mol. The lowest BCUT2D eigenvalue weighted by Crippen LogP contribution is -2.34. The molecule has 0 amide bonds. The van der Waals surface area contributed by atoms with Crippen molar-refractivity contribution in [3.05, 3.63) is 40.3 Å². The van der Waals surface area contributed by atoms with Gasteiger partial charge in [-0.25, -0.2) is 0 Å². The first kappa shape index (κ1) is 11.8. The molecule has 1 aliphatic rings. The predicted molar refractivity (Wildman–Crippen MR) is 58.6 cm³/mol. The van der Waals surface area contributed by atoms with Gasteiger partial charge in [-0.2, -0.15) is 0 Å². The smallest absolute Gasteiger partial charge is 0.254 e. The molecule has 0 aliphatic heterocycles. The van der Waals surface area contributed by atoms with Crippen LogP contribution >= 0.6 is 0 Å². The molecule has 6 heteroatoms. The summed E-state index contributed by atoms with van der Waals surface area (Å²) in [4.78, 5) is 11.6. The second-order valence-corrected chi connectivity index (χ2v) is 3.96. The predicted octanol–water partition coefficient (Wildman–Crippen LogP) is -1.25. The van der Waals surface area contributed by atoms with Crippen LogP contribution in [0.3, 0.4) is 0 Å². The van der Waals surface area contributed by atoms with Gasteiger partial charge in [-0.3, -0.25) is 4.79 Å². The van der Waals surface area contributed by atoms with Gasteiger partial charge in [0.25, 0.3) is 5.56 Å². The third-order valence-corrected chi connectivity index (χ3v) is 2.87. The van der Waals surface area contributed by atoms with E-state index >= 15 is 0 Å². The Hall–Kier alpha value is -1.63. The van der Waals surface area contributed by atoms with Crippen molar-refractivity contribution in [1.29, 1.82) is 0 Å². The molecule has 0 aromatic carbocycles. The van der Waals surface area contributed by atoms with Crippen molar-refractivity contribution in [3.63, 3.8) is 0 Å². The fourth-order valence-electron chi connectivity index (χ4n) is 1.94. The maximum absolute atomic E-state index is 11.6. The molecule has 0 radical (unpaired) electrons. The second kappa shape index (κ2) is 4.33. The lowest BCUT2D eigenvalue weighted by molar-refractivity contribution is 0.0274. The molecule has 0 fully saturated rings. The van der Waals surface area contributed by atoms with Crippen molar-refractivity contribution in [1.82, 2.24) is 4.57 Å². The minimum atomic E-state index is -1.18. The monoisotopic (exact) mass is 239 g/mol. The van der Waals surface area contributed by atoms with Gasteiger partial charge in [-0.1, -0.05) is 6.08 Å². The number of aromatic hydroxyl groups is 1. The first-order valence-electron chi connectivity index (χ1n) is 5.13. The highest BCUT2D eigenvalue weighted by Crippen LogP contribution is 2.28. The van der Waals surface area contributed by atoms with E-state index in [2.05, 4.69) is 0 Å². The molecule has 1 aromatic heterocycles. The van der Waals surface area contributed by atoms with E-state index in [1.807, 2.05) is 0 Å². The molecule has 0 spiro atoms. The third kappa shape index (κ3) is 1.97. The molecule has 1 aliphatic carbocycles. The molecule has 6 nitrogen and oxygen atoms in total. The second-order valence-electron chi connectivity index (χ2n) is 3.96. The van der Waals surface area contributed by atoms with Gasteiger partial charge < -0.3 is 25.0 Å². The number of hydrogen-bond acceptors (Lipinski definition) is 5. The summed E-state index contributed by atoms with van der Waals surface area (Å²) < 4.78 is 1.19. The van der Waals surface area contributed by atoms with Crippen LogP contribution < -0.4 is 5.56 Å². The summed E-state index contributed by atoms with van der Waals surface area (Å²) in [5, 5.41) is 37.4. The minimum absolute atomic E-state index is 0.161. The first-order valence-corrected chi connectivity index (χ1v) is 5.13. The number of hydrogen-bond donors (Lipinski definition) is 4. The van der Waals surface area contributed by atoms with Gasteiger partial charge in [0.15, 0.2) is 0 Å². The van der Waals surface area contributed by atoms with Crippen molar-refractivity contribution in [3.8, 4) is 5.75 Å². The summed E-state index contributed by atoms with van der Waals surface area (Å²) in [6, 6.07) is 1.59. The molecule has 1 aromatic rings. The van der Waals surface area contributed by atoms with Crippen molar-refractivity contribution < 1.29 is 20.4 Å². The summed E-state index contributed by atoms with van der Waals surface area (Å²) >= 11 is 0. The summed E-state index contributed by atoms with van der Waals surface area (Å²) in [5.74, 6) is -0.161. The molecule has 0 unspecified atom stereocenters. The van der Waals surface area contributed by atoms with Gasteiger partial charge in [-0.05, 0) is 11.6 Å². The lowest BCUT2D eigenvalue weighted by Gasteiger charge is -2.19. The molecule has 0 saturated heterocycles. The molecule has 1 heterocycles. The highest BCUT2D eigenvalue weighted by Gasteiger charge is 2.35. The highest BCUT2D eigenvalue weighted by atomic mass is 16.3. The molecule has 0 bridgehead atoms. The van der Waals surface area contributed by atoms with Gasteiger partial charge in [0.1, 0.15) is 18.0 Å². The van der Waals surface area contributed by atoms with Crippen LogP contribution in [0, 0.1) is 0 Å². The zero-order valence-corrected chi connectivity index (χ0v) is 8.89.